The van der Waals surface area contributed by atoms with Gasteiger partial charge in [-0.15, -0.1) is 11.8 Å². The summed E-state index contributed by atoms with van der Waals surface area (Å²) in [6.45, 7) is -5.94. The van der Waals surface area contributed by atoms with Crippen molar-refractivity contribution in [2.24, 2.45) is 0 Å². The SMILES string of the molecule is Nc1nc2c(ncn2[C@@H]2O[C@H](COP(=O)([O-])OP([O-])([O-])=S)[C@@H](O)[C@H]2O)c(=O)[nH]1.[Na+].[Na+].[Na+]. The van der Waals surface area contributed by atoms with Crippen molar-refractivity contribution in [2.45, 2.75) is 24.5 Å². The molecule has 5 N–H and O–H groups in total. The molecule has 1 unspecified atom stereocenters. The number of aromatic amines is 1. The fourth-order valence-corrected chi connectivity index (χ4v) is 4.77. The Morgan fingerprint density at radius 1 is 1.29 bits per heavy atom. The van der Waals surface area contributed by atoms with Crippen LogP contribution in [-0.2, 0) is 29.9 Å². The number of nitrogens with two attached hydrogens (primary N) is 1. The van der Waals surface area contributed by atoms with Crippen LogP contribution < -0.4 is 115 Å². The molecule has 21 heteroatoms. The average Bonchev–Trinajstić information content (AvgIpc) is 3.06. The van der Waals surface area contributed by atoms with E-state index in [-0.39, 0.29) is 106 Å². The normalized spacial score (nSPS) is 25.2. The monoisotopic (exact) mass is 525 g/mol. The van der Waals surface area contributed by atoms with Crippen LogP contribution in [0.15, 0.2) is 11.1 Å². The third-order valence-electron chi connectivity index (χ3n) is 3.66. The number of ether oxygens (including phenoxy) is 1. The van der Waals surface area contributed by atoms with Gasteiger partial charge >= 0.3 is 88.7 Å². The van der Waals surface area contributed by atoms with Crippen LogP contribution in [0.3, 0.4) is 0 Å². The Morgan fingerprint density at radius 2 is 1.90 bits per heavy atom. The molecule has 0 aliphatic carbocycles. The molecule has 5 atom stereocenters. The molecule has 1 aliphatic rings. The maximum atomic E-state index is 11.8. The minimum Gasteiger partial charge on any atom is -0.812 e. The molecule has 3 rings (SSSR count). The van der Waals surface area contributed by atoms with Gasteiger partial charge in [-0.3, -0.25) is 18.9 Å². The quantitative estimate of drug-likeness (QED) is 0.202. The van der Waals surface area contributed by atoms with Crippen molar-refractivity contribution in [3.05, 3.63) is 16.7 Å². The van der Waals surface area contributed by atoms with Crippen LogP contribution in [0, 0.1) is 0 Å². The number of nitrogens with one attached hydrogen (secondary N) is 1. The summed E-state index contributed by atoms with van der Waals surface area (Å²) >= 11 is 3.81. The maximum Gasteiger partial charge on any atom is 1.00 e. The predicted molar refractivity (Wildman–Crippen MR) is 87.4 cm³/mol. The fourth-order valence-electron chi connectivity index (χ4n) is 2.54. The molecule has 156 valence electrons. The van der Waals surface area contributed by atoms with E-state index in [0.29, 0.717) is 0 Å². The molecule has 0 aromatic carbocycles. The van der Waals surface area contributed by atoms with Gasteiger partial charge in [0.05, 0.1) is 12.9 Å². The van der Waals surface area contributed by atoms with E-state index in [2.05, 4.69) is 35.6 Å². The molecule has 2 aromatic rings. The average molecular weight is 525 g/mol. The van der Waals surface area contributed by atoms with Gasteiger partial charge in [0, 0.05) is 0 Å². The number of fused-ring (bicyclic) bond motifs is 1. The number of aromatic nitrogens is 4. The number of aliphatic hydroxyl groups excluding tert-OH is 2. The van der Waals surface area contributed by atoms with Crippen LogP contribution in [0.5, 0.6) is 0 Å². The Labute approximate surface area is 245 Å². The molecular formula is C10H12N5Na3O10P2S. The van der Waals surface area contributed by atoms with Crippen LogP contribution in [0.2, 0.25) is 0 Å². The third kappa shape index (κ3) is 8.12. The first-order valence-electron chi connectivity index (χ1n) is 7.31. The Balaban J connectivity index is 0.00000300. The van der Waals surface area contributed by atoms with Crippen molar-refractivity contribution < 1.29 is 132 Å². The predicted octanol–water partition coefficient (Wildman–Crippen LogP) is -13.2. The number of imidazole rings is 1. The van der Waals surface area contributed by atoms with E-state index in [9.17, 15) is 34.3 Å². The van der Waals surface area contributed by atoms with E-state index >= 15 is 0 Å². The number of rotatable bonds is 6. The van der Waals surface area contributed by atoms with Gasteiger partial charge < -0.3 is 44.2 Å². The fraction of sp³-hybridized carbons (Fsp3) is 0.500. The smallest absolute Gasteiger partial charge is 0.812 e. The third-order valence-corrected chi connectivity index (χ3v) is 6.32. The molecular weight excluding hydrogens is 513 g/mol. The van der Waals surface area contributed by atoms with E-state index in [1.54, 1.807) is 0 Å². The van der Waals surface area contributed by atoms with Gasteiger partial charge in [0.15, 0.2) is 17.4 Å². The topological polar surface area (TPSA) is 244 Å². The number of phosphoric acid groups is 1. The minimum absolute atomic E-state index is 0. The largest absolute Gasteiger partial charge is 1.00 e. The van der Waals surface area contributed by atoms with E-state index in [4.69, 9.17) is 10.5 Å². The molecule has 31 heavy (non-hydrogen) atoms. The van der Waals surface area contributed by atoms with E-state index < -0.39 is 51.2 Å². The van der Waals surface area contributed by atoms with Gasteiger partial charge in [0.25, 0.3) is 13.4 Å². The van der Waals surface area contributed by atoms with Crippen LogP contribution >= 0.6 is 14.5 Å². The number of H-pyrrole nitrogens is 1. The summed E-state index contributed by atoms with van der Waals surface area (Å²) < 4.78 is 25.9. The van der Waals surface area contributed by atoms with Crippen LogP contribution in [0.25, 0.3) is 11.2 Å². The summed E-state index contributed by atoms with van der Waals surface area (Å²) in [6, 6.07) is 0. The van der Waals surface area contributed by atoms with Gasteiger partial charge in [0.2, 0.25) is 5.95 Å². The second kappa shape index (κ2) is 12.6. The first kappa shape index (κ1) is 32.7. The second-order valence-electron chi connectivity index (χ2n) is 5.59. The van der Waals surface area contributed by atoms with Crippen molar-refractivity contribution in [1.29, 1.82) is 0 Å². The van der Waals surface area contributed by atoms with E-state index in [0.717, 1.165) is 10.9 Å². The molecule has 15 nitrogen and oxygen atoms in total. The molecule has 1 fully saturated rings. The number of hydrogen-bond donors (Lipinski definition) is 4. The molecule has 1 saturated heterocycles. The Kier molecular flexibility index (Phi) is 13.3. The van der Waals surface area contributed by atoms with Crippen molar-refractivity contribution in [1.82, 2.24) is 19.5 Å². The molecule has 2 aromatic heterocycles. The van der Waals surface area contributed by atoms with Gasteiger partial charge in [0.1, 0.15) is 18.3 Å². The van der Waals surface area contributed by atoms with Gasteiger partial charge in [-0.1, -0.05) is 6.72 Å². The van der Waals surface area contributed by atoms with E-state index in [1.165, 1.54) is 0 Å². The zero-order chi connectivity index (χ0) is 20.9. The molecule has 0 amide bonds. The molecule has 0 spiro atoms. The Hall–Kier alpha value is 1.71. The number of aliphatic hydroxyl groups is 2. The number of nitrogen functional groups attached to an aromatic ring is 1. The molecule has 0 saturated carbocycles. The molecule has 0 bridgehead atoms. The first-order valence-corrected chi connectivity index (χ1v) is 11.3. The molecule has 1 aliphatic heterocycles. The van der Waals surface area contributed by atoms with Gasteiger partial charge in [-0.05, 0) is 0 Å². The van der Waals surface area contributed by atoms with Crippen molar-refractivity contribution >= 4 is 43.5 Å². The Morgan fingerprint density at radius 3 is 2.48 bits per heavy atom. The summed E-state index contributed by atoms with van der Waals surface area (Å²) in [6.07, 6.45) is -4.91. The number of nitrogens with zero attached hydrogens (tertiary/aromatic N) is 3. The second-order valence-corrected chi connectivity index (χ2v) is 9.64. The molecule has 3 heterocycles. The van der Waals surface area contributed by atoms with Gasteiger partial charge in [-0.25, -0.2) is 4.98 Å². The summed E-state index contributed by atoms with van der Waals surface area (Å²) in [7, 11) is -5.34. The van der Waals surface area contributed by atoms with Crippen molar-refractivity contribution in [3.8, 4) is 0 Å². The molecule has 0 radical (unpaired) electrons. The summed E-state index contributed by atoms with van der Waals surface area (Å²) in [5.74, 6) is -0.234. The van der Waals surface area contributed by atoms with Crippen LogP contribution in [0.4, 0.5) is 5.95 Å². The zero-order valence-electron chi connectivity index (χ0n) is 16.5. The van der Waals surface area contributed by atoms with Crippen molar-refractivity contribution in [3.63, 3.8) is 0 Å². The summed E-state index contributed by atoms with van der Waals surface area (Å²) in [4.78, 5) is 54.6. The first-order chi connectivity index (χ1) is 12.9. The summed E-state index contributed by atoms with van der Waals surface area (Å²) in [5.41, 5.74) is 4.64. The standard InChI is InChI=1S/C10H15N5O10P2S.3Na/c11-10-13-7-4(8(18)14-10)12-2-15(7)9-6(17)5(16)3(24-9)1-23-26(19,20)25-27(21,22)28;;;/h2-3,5-6,9,16-17H,1H2,(H,19,20)(H2,21,22,28)(H3,11,13,14,18);;;/q;3*+1/p-3/t3-,5-,6-,9-;;;/m1.../s1. The number of anilines is 1. The van der Waals surface area contributed by atoms with Crippen LogP contribution in [0.1, 0.15) is 6.23 Å². The maximum absolute atomic E-state index is 11.8. The zero-order valence-corrected chi connectivity index (χ0v) is 25.1. The van der Waals surface area contributed by atoms with Crippen molar-refractivity contribution in [2.75, 3.05) is 12.3 Å². The Bertz CT molecular complexity index is 1050. The number of phosphoric ester groups is 1. The minimum atomic E-state index is -5.34. The van der Waals surface area contributed by atoms with Gasteiger partial charge in [-0.2, -0.15) is 4.98 Å². The number of hydrogen-bond acceptors (Lipinski definition) is 14. The van der Waals surface area contributed by atoms with E-state index in [1.807, 2.05) is 0 Å². The van der Waals surface area contributed by atoms with Crippen LogP contribution in [-0.4, -0.2) is 54.7 Å². The summed E-state index contributed by atoms with van der Waals surface area (Å²) in [5, 5.41) is 20.3.